The number of nitrogens with one attached hydrogen (secondary N) is 2. The summed E-state index contributed by atoms with van der Waals surface area (Å²) in [5.41, 5.74) is 3.73. The highest BCUT2D eigenvalue weighted by atomic mass is 35.5. The van der Waals surface area contributed by atoms with Crippen LogP contribution in [0.5, 0.6) is 5.75 Å². The predicted octanol–water partition coefficient (Wildman–Crippen LogP) is 4.41. The van der Waals surface area contributed by atoms with Gasteiger partial charge in [0.1, 0.15) is 5.75 Å². The Hall–Kier alpha value is -1.75. The molecule has 2 N–H and O–H groups in total. The third-order valence-corrected chi connectivity index (χ3v) is 4.05. The second-order valence-corrected chi connectivity index (χ2v) is 5.94. The molecule has 0 radical (unpaired) electrons. The molecule has 1 heterocycles. The van der Waals surface area contributed by atoms with Crippen LogP contribution in [-0.4, -0.2) is 12.5 Å². The molecule has 3 rings (SSSR count). The fourth-order valence-electron chi connectivity index (χ4n) is 2.55. The summed E-state index contributed by atoms with van der Waals surface area (Å²) >= 11 is 6.19. The Balaban J connectivity index is 0.00000208. The van der Waals surface area contributed by atoms with Gasteiger partial charge >= 0.3 is 0 Å². The van der Waals surface area contributed by atoms with Gasteiger partial charge in [-0.2, -0.15) is 0 Å². The number of amides is 1. The normalized spacial score (nSPS) is 12.2. The fraction of sp³-hybridized carbons (Fsp3) is 0.278. The van der Waals surface area contributed by atoms with Crippen LogP contribution in [0.4, 0.5) is 5.69 Å². The number of benzene rings is 2. The van der Waals surface area contributed by atoms with Gasteiger partial charge in [-0.05, 0) is 47.9 Å². The third-order valence-electron chi connectivity index (χ3n) is 3.75. The third kappa shape index (κ3) is 4.20. The van der Waals surface area contributed by atoms with Gasteiger partial charge in [-0.1, -0.05) is 24.6 Å². The number of carbonyl (C=O) groups is 1. The molecule has 0 aliphatic carbocycles. The number of rotatable bonds is 5. The lowest BCUT2D eigenvalue weighted by Crippen LogP contribution is -2.12. The van der Waals surface area contributed by atoms with E-state index >= 15 is 0 Å². The zero-order chi connectivity index (χ0) is 16.2. The van der Waals surface area contributed by atoms with E-state index in [9.17, 15) is 4.79 Å². The molecule has 1 aliphatic rings. The molecule has 4 nitrogen and oxygen atoms in total. The lowest BCUT2D eigenvalue weighted by Gasteiger charge is -2.10. The summed E-state index contributed by atoms with van der Waals surface area (Å²) < 4.78 is 5.53. The average Bonchev–Trinajstić information content (AvgIpc) is 3.01. The van der Waals surface area contributed by atoms with E-state index in [2.05, 4.69) is 10.6 Å². The minimum atomic E-state index is -0.141. The molecule has 1 aliphatic heterocycles. The van der Waals surface area contributed by atoms with Gasteiger partial charge in [0.2, 0.25) is 0 Å². The quantitative estimate of drug-likeness (QED) is 0.823. The molecule has 0 spiro atoms. The lowest BCUT2D eigenvalue weighted by atomic mass is 10.1. The molecule has 0 saturated carbocycles. The molecule has 0 aromatic heterocycles. The van der Waals surface area contributed by atoms with E-state index in [-0.39, 0.29) is 18.3 Å². The molecule has 0 bridgehead atoms. The summed E-state index contributed by atoms with van der Waals surface area (Å²) in [6.07, 6.45) is 0.919. The molecule has 2 aromatic carbocycles. The maximum absolute atomic E-state index is 12.4. The van der Waals surface area contributed by atoms with E-state index in [1.54, 1.807) is 18.2 Å². The summed E-state index contributed by atoms with van der Waals surface area (Å²) in [6.45, 7) is 4.33. The Morgan fingerprint density at radius 1 is 1.21 bits per heavy atom. The highest BCUT2D eigenvalue weighted by Gasteiger charge is 2.14. The van der Waals surface area contributed by atoms with E-state index in [1.165, 1.54) is 11.1 Å². The van der Waals surface area contributed by atoms with E-state index in [1.807, 2.05) is 25.1 Å². The molecule has 24 heavy (non-hydrogen) atoms. The van der Waals surface area contributed by atoms with Gasteiger partial charge in [0, 0.05) is 24.3 Å². The Bertz CT molecular complexity index is 735. The SMILES string of the molecule is CCCOc1ccc(NC(=O)c2ccc3c(c2)CNC3)cc1Cl.Cl. The van der Waals surface area contributed by atoms with Crippen molar-refractivity contribution in [2.75, 3.05) is 11.9 Å². The summed E-state index contributed by atoms with van der Waals surface area (Å²) in [5.74, 6) is 0.494. The number of hydrogen-bond donors (Lipinski definition) is 2. The molecule has 0 fully saturated rings. The summed E-state index contributed by atoms with van der Waals surface area (Å²) in [4.78, 5) is 12.4. The topological polar surface area (TPSA) is 50.4 Å². The van der Waals surface area contributed by atoms with Gasteiger partial charge in [0.05, 0.1) is 11.6 Å². The minimum Gasteiger partial charge on any atom is -0.492 e. The first kappa shape index (κ1) is 18.6. The monoisotopic (exact) mass is 366 g/mol. The Morgan fingerprint density at radius 2 is 2.00 bits per heavy atom. The Morgan fingerprint density at radius 3 is 2.75 bits per heavy atom. The molecule has 6 heteroatoms. The van der Waals surface area contributed by atoms with Crippen molar-refractivity contribution in [3.63, 3.8) is 0 Å². The number of carbonyl (C=O) groups excluding carboxylic acids is 1. The number of anilines is 1. The van der Waals surface area contributed by atoms with Crippen LogP contribution >= 0.6 is 24.0 Å². The fourth-order valence-corrected chi connectivity index (χ4v) is 2.78. The maximum atomic E-state index is 12.4. The van der Waals surface area contributed by atoms with Crippen molar-refractivity contribution < 1.29 is 9.53 Å². The van der Waals surface area contributed by atoms with E-state index in [4.69, 9.17) is 16.3 Å². The summed E-state index contributed by atoms with van der Waals surface area (Å²) in [6, 6.07) is 11.1. The van der Waals surface area contributed by atoms with Crippen molar-refractivity contribution in [1.29, 1.82) is 0 Å². The van der Waals surface area contributed by atoms with Gasteiger partial charge in [-0.25, -0.2) is 0 Å². The van der Waals surface area contributed by atoms with Crippen molar-refractivity contribution in [3.8, 4) is 5.75 Å². The van der Waals surface area contributed by atoms with Gasteiger partial charge in [0.15, 0.2) is 0 Å². The van der Waals surface area contributed by atoms with Crippen LogP contribution in [-0.2, 0) is 13.1 Å². The minimum absolute atomic E-state index is 0. The Kier molecular flexibility index (Phi) is 6.49. The molecule has 2 aromatic rings. The Labute approximate surface area is 153 Å². The zero-order valence-corrected chi connectivity index (χ0v) is 15.0. The zero-order valence-electron chi connectivity index (χ0n) is 13.4. The van der Waals surface area contributed by atoms with Crippen LogP contribution < -0.4 is 15.4 Å². The van der Waals surface area contributed by atoms with Crippen molar-refractivity contribution in [2.45, 2.75) is 26.4 Å². The first-order valence-electron chi connectivity index (χ1n) is 7.73. The van der Waals surface area contributed by atoms with E-state index < -0.39 is 0 Å². The first-order chi connectivity index (χ1) is 11.2. The maximum Gasteiger partial charge on any atom is 0.255 e. The van der Waals surface area contributed by atoms with Crippen molar-refractivity contribution >= 4 is 35.6 Å². The second-order valence-electron chi connectivity index (χ2n) is 5.53. The van der Waals surface area contributed by atoms with Crippen molar-refractivity contribution in [1.82, 2.24) is 5.32 Å². The standard InChI is InChI=1S/C18H19ClN2O2.ClH/c1-2-7-23-17-6-5-15(9-16(17)19)21-18(22)12-3-4-13-10-20-11-14(13)8-12;/h3-6,8-9,20H,2,7,10-11H2,1H3,(H,21,22);1H. The van der Waals surface area contributed by atoms with Crippen LogP contribution in [0, 0.1) is 0 Å². The van der Waals surface area contributed by atoms with Gasteiger partial charge in [0.25, 0.3) is 5.91 Å². The molecule has 0 unspecified atom stereocenters. The van der Waals surface area contributed by atoms with E-state index in [0.717, 1.165) is 19.5 Å². The van der Waals surface area contributed by atoms with Crippen molar-refractivity contribution in [3.05, 3.63) is 58.1 Å². The molecular formula is C18H20Cl2N2O2. The smallest absolute Gasteiger partial charge is 0.255 e. The number of halogens is 2. The second kappa shape index (κ2) is 8.38. The number of ether oxygens (including phenoxy) is 1. The van der Waals surface area contributed by atoms with Crippen LogP contribution in [0.3, 0.4) is 0 Å². The van der Waals surface area contributed by atoms with Crippen LogP contribution in [0.25, 0.3) is 0 Å². The van der Waals surface area contributed by atoms with Gasteiger partial charge in [-0.3, -0.25) is 4.79 Å². The molecule has 0 atom stereocenters. The largest absolute Gasteiger partial charge is 0.492 e. The number of fused-ring (bicyclic) bond motifs is 1. The van der Waals surface area contributed by atoms with Gasteiger partial charge < -0.3 is 15.4 Å². The highest BCUT2D eigenvalue weighted by molar-refractivity contribution is 6.32. The lowest BCUT2D eigenvalue weighted by molar-refractivity contribution is 0.102. The van der Waals surface area contributed by atoms with Crippen LogP contribution in [0.15, 0.2) is 36.4 Å². The summed E-state index contributed by atoms with van der Waals surface area (Å²) in [7, 11) is 0. The highest BCUT2D eigenvalue weighted by Crippen LogP contribution is 2.28. The molecule has 1 amide bonds. The first-order valence-corrected chi connectivity index (χ1v) is 8.11. The van der Waals surface area contributed by atoms with Crippen LogP contribution in [0.2, 0.25) is 5.02 Å². The molecule has 0 saturated heterocycles. The van der Waals surface area contributed by atoms with Gasteiger partial charge in [-0.15, -0.1) is 12.4 Å². The van der Waals surface area contributed by atoms with Crippen molar-refractivity contribution in [2.24, 2.45) is 0 Å². The summed E-state index contributed by atoms with van der Waals surface area (Å²) in [5, 5.41) is 6.64. The van der Waals surface area contributed by atoms with Crippen LogP contribution in [0.1, 0.15) is 34.8 Å². The molecule has 128 valence electrons. The average molecular weight is 367 g/mol. The molecular weight excluding hydrogens is 347 g/mol. The van der Waals surface area contributed by atoms with E-state index in [0.29, 0.717) is 28.6 Å². The predicted molar refractivity (Wildman–Crippen MR) is 99.4 cm³/mol. The number of hydrogen-bond acceptors (Lipinski definition) is 3.